The van der Waals surface area contributed by atoms with Crippen LogP contribution in [-0.2, 0) is 0 Å². The summed E-state index contributed by atoms with van der Waals surface area (Å²) in [5, 5.41) is 3.67. The van der Waals surface area contributed by atoms with Crippen molar-refractivity contribution in [2.45, 2.75) is 45.6 Å². The number of hydrogen-bond acceptors (Lipinski definition) is 2. The van der Waals surface area contributed by atoms with Gasteiger partial charge in [0.2, 0.25) is 0 Å². The number of nitrogens with two attached hydrogens (primary N) is 1. The lowest BCUT2D eigenvalue weighted by Crippen LogP contribution is -2.49. The molecule has 0 aliphatic heterocycles. The van der Waals surface area contributed by atoms with Gasteiger partial charge in [0.05, 0.1) is 0 Å². The molecule has 0 saturated heterocycles. The van der Waals surface area contributed by atoms with Gasteiger partial charge in [0, 0.05) is 19.1 Å². The van der Waals surface area contributed by atoms with Gasteiger partial charge in [0.15, 0.2) is 0 Å². The summed E-state index contributed by atoms with van der Waals surface area (Å²) in [6.07, 6.45) is 5.81. The molecule has 2 aliphatic carbocycles. The molecule has 15 heavy (non-hydrogen) atoms. The summed E-state index contributed by atoms with van der Waals surface area (Å²) < 4.78 is 0. The largest absolute Gasteiger partial charge is 0.329 e. The van der Waals surface area contributed by atoms with Crippen LogP contribution in [0, 0.1) is 23.7 Å². The van der Waals surface area contributed by atoms with Crippen molar-refractivity contribution in [3.8, 4) is 0 Å². The second-order valence-electron chi connectivity index (χ2n) is 5.92. The van der Waals surface area contributed by atoms with Crippen molar-refractivity contribution in [3.63, 3.8) is 0 Å². The molecule has 0 amide bonds. The quantitative estimate of drug-likeness (QED) is 0.747. The van der Waals surface area contributed by atoms with Crippen molar-refractivity contribution in [2.24, 2.45) is 29.4 Å². The van der Waals surface area contributed by atoms with Crippen LogP contribution in [0.25, 0.3) is 0 Å². The molecule has 5 unspecified atom stereocenters. The molecule has 0 aromatic carbocycles. The fraction of sp³-hybridized carbons (Fsp3) is 1.00. The minimum Gasteiger partial charge on any atom is -0.329 e. The minimum absolute atomic E-state index is 0.743. The van der Waals surface area contributed by atoms with Crippen molar-refractivity contribution in [2.75, 3.05) is 13.1 Å². The van der Waals surface area contributed by atoms with Gasteiger partial charge in [-0.15, -0.1) is 0 Å². The maximum absolute atomic E-state index is 5.58. The summed E-state index contributed by atoms with van der Waals surface area (Å²) in [4.78, 5) is 0. The Kier molecular flexibility index (Phi) is 3.68. The third-order valence-corrected chi connectivity index (χ3v) is 4.43. The molecule has 2 heteroatoms. The van der Waals surface area contributed by atoms with E-state index < -0.39 is 0 Å². The summed E-state index contributed by atoms with van der Waals surface area (Å²) in [5.74, 6) is 3.75. The first-order chi connectivity index (χ1) is 7.20. The lowest BCUT2D eigenvalue weighted by molar-refractivity contribution is 0.0708. The van der Waals surface area contributed by atoms with Crippen molar-refractivity contribution in [1.29, 1.82) is 0 Å². The molecule has 2 aliphatic rings. The van der Waals surface area contributed by atoms with Gasteiger partial charge in [0.25, 0.3) is 0 Å². The van der Waals surface area contributed by atoms with Gasteiger partial charge in [0.1, 0.15) is 0 Å². The molecule has 2 bridgehead atoms. The minimum atomic E-state index is 0.743. The highest BCUT2D eigenvalue weighted by Gasteiger charge is 2.39. The summed E-state index contributed by atoms with van der Waals surface area (Å²) >= 11 is 0. The second kappa shape index (κ2) is 4.84. The molecular weight excluding hydrogens is 184 g/mol. The zero-order valence-corrected chi connectivity index (χ0v) is 10.2. The third kappa shape index (κ3) is 2.54. The van der Waals surface area contributed by atoms with E-state index >= 15 is 0 Å². The monoisotopic (exact) mass is 210 g/mol. The number of hydrogen-bond donors (Lipinski definition) is 2. The highest BCUT2D eigenvalue weighted by atomic mass is 14.9. The standard InChI is InChI=1S/C13H26N2/c1-9-5-11-7-10(2)13(15-4-3-14)12(6-9)8-11/h9-13,15H,3-8,14H2,1-2H3. The fourth-order valence-electron chi connectivity index (χ4n) is 4.04. The predicted octanol–water partition coefficient (Wildman–Crippen LogP) is 2.00. The van der Waals surface area contributed by atoms with E-state index in [1.165, 1.54) is 25.7 Å². The number of fused-ring (bicyclic) bond motifs is 2. The first kappa shape index (κ1) is 11.4. The SMILES string of the molecule is CC1CC2CC(C)C(NCCN)C(C1)C2. The van der Waals surface area contributed by atoms with Crippen molar-refractivity contribution in [1.82, 2.24) is 5.32 Å². The smallest absolute Gasteiger partial charge is 0.0122 e. The lowest BCUT2D eigenvalue weighted by atomic mass is 9.63. The topological polar surface area (TPSA) is 38.0 Å². The normalized spacial score (nSPS) is 45.4. The first-order valence-corrected chi connectivity index (χ1v) is 6.64. The van der Waals surface area contributed by atoms with E-state index in [0.717, 1.165) is 42.8 Å². The highest BCUT2D eigenvalue weighted by Crippen LogP contribution is 2.44. The van der Waals surface area contributed by atoms with Crippen LogP contribution in [0.3, 0.4) is 0 Å². The molecule has 0 aromatic rings. The molecule has 0 heterocycles. The van der Waals surface area contributed by atoms with E-state index in [1.54, 1.807) is 0 Å². The molecule has 2 saturated carbocycles. The van der Waals surface area contributed by atoms with E-state index in [9.17, 15) is 0 Å². The highest BCUT2D eigenvalue weighted by molar-refractivity contribution is 4.93. The average molecular weight is 210 g/mol. The molecule has 0 aromatic heterocycles. The molecule has 2 nitrogen and oxygen atoms in total. The van der Waals surface area contributed by atoms with Crippen LogP contribution in [0.2, 0.25) is 0 Å². The van der Waals surface area contributed by atoms with Gasteiger partial charge in [-0.2, -0.15) is 0 Å². The van der Waals surface area contributed by atoms with Crippen molar-refractivity contribution in [3.05, 3.63) is 0 Å². The zero-order valence-electron chi connectivity index (χ0n) is 10.2. The molecule has 0 spiro atoms. The maximum Gasteiger partial charge on any atom is 0.0122 e. The zero-order chi connectivity index (χ0) is 10.8. The van der Waals surface area contributed by atoms with Crippen molar-refractivity contribution < 1.29 is 0 Å². The Balaban J connectivity index is 1.96. The van der Waals surface area contributed by atoms with E-state index in [1.807, 2.05) is 0 Å². The van der Waals surface area contributed by atoms with Gasteiger partial charge in [-0.25, -0.2) is 0 Å². The summed E-state index contributed by atoms with van der Waals surface area (Å²) in [6.45, 7) is 6.61. The average Bonchev–Trinajstić information content (AvgIpc) is 2.16. The molecule has 5 atom stereocenters. The van der Waals surface area contributed by atoms with Crippen LogP contribution in [-0.4, -0.2) is 19.1 Å². The van der Waals surface area contributed by atoms with E-state index in [0.29, 0.717) is 0 Å². The van der Waals surface area contributed by atoms with Crippen LogP contribution in [0.1, 0.15) is 39.5 Å². The van der Waals surface area contributed by atoms with Crippen LogP contribution in [0.15, 0.2) is 0 Å². The number of rotatable bonds is 3. The van der Waals surface area contributed by atoms with E-state index in [-0.39, 0.29) is 0 Å². The molecular formula is C13H26N2. The van der Waals surface area contributed by atoms with E-state index in [4.69, 9.17) is 5.73 Å². The Morgan fingerprint density at radius 2 is 1.93 bits per heavy atom. The van der Waals surface area contributed by atoms with Gasteiger partial charge in [-0.05, 0) is 49.4 Å². The van der Waals surface area contributed by atoms with Crippen molar-refractivity contribution >= 4 is 0 Å². The Morgan fingerprint density at radius 3 is 2.67 bits per heavy atom. The Hall–Kier alpha value is -0.0800. The Morgan fingerprint density at radius 1 is 1.13 bits per heavy atom. The van der Waals surface area contributed by atoms with Crippen LogP contribution < -0.4 is 11.1 Å². The molecule has 3 N–H and O–H groups in total. The second-order valence-corrected chi connectivity index (χ2v) is 5.92. The van der Waals surface area contributed by atoms with Crippen LogP contribution in [0.5, 0.6) is 0 Å². The molecule has 2 fully saturated rings. The van der Waals surface area contributed by atoms with Crippen LogP contribution in [0.4, 0.5) is 0 Å². The summed E-state index contributed by atoms with van der Waals surface area (Å²) in [5.41, 5.74) is 5.58. The van der Waals surface area contributed by atoms with Gasteiger partial charge in [-0.1, -0.05) is 13.8 Å². The van der Waals surface area contributed by atoms with Gasteiger partial charge in [-0.3, -0.25) is 0 Å². The number of nitrogens with one attached hydrogen (secondary N) is 1. The molecule has 88 valence electrons. The summed E-state index contributed by atoms with van der Waals surface area (Å²) in [7, 11) is 0. The fourth-order valence-corrected chi connectivity index (χ4v) is 4.04. The first-order valence-electron chi connectivity index (χ1n) is 6.64. The van der Waals surface area contributed by atoms with Crippen LogP contribution >= 0.6 is 0 Å². The molecule has 2 rings (SSSR count). The molecule has 0 radical (unpaired) electrons. The Labute approximate surface area is 94.0 Å². The summed E-state index contributed by atoms with van der Waals surface area (Å²) in [6, 6.07) is 0.743. The Bertz CT molecular complexity index is 201. The van der Waals surface area contributed by atoms with Gasteiger partial charge < -0.3 is 11.1 Å². The van der Waals surface area contributed by atoms with E-state index in [2.05, 4.69) is 19.2 Å². The third-order valence-electron chi connectivity index (χ3n) is 4.43. The predicted molar refractivity (Wildman–Crippen MR) is 64.6 cm³/mol. The van der Waals surface area contributed by atoms with Gasteiger partial charge >= 0.3 is 0 Å². The lowest BCUT2D eigenvalue weighted by Gasteiger charge is -2.46. The maximum atomic E-state index is 5.58.